The number of fused-ring (bicyclic) bond motifs is 2. The van der Waals surface area contributed by atoms with Crippen molar-refractivity contribution in [3.05, 3.63) is 57.3 Å². The van der Waals surface area contributed by atoms with Crippen LogP contribution in [0.1, 0.15) is 46.1 Å². The van der Waals surface area contributed by atoms with Gasteiger partial charge in [0.25, 0.3) is 5.91 Å². The van der Waals surface area contributed by atoms with Crippen molar-refractivity contribution in [3.63, 3.8) is 0 Å². The molecule has 1 fully saturated rings. The number of Topliss-reactive ketones (excluding diaryl/α,β-unsaturated/α-hetero) is 1. The summed E-state index contributed by atoms with van der Waals surface area (Å²) in [6, 6.07) is 8.76. The largest absolute Gasteiger partial charge is 0.325 e. The van der Waals surface area contributed by atoms with Crippen LogP contribution in [-0.4, -0.2) is 29.2 Å². The summed E-state index contributed by atoms with van der Waals surface area (Å²) in [6.45, 7) is 1.82. The number of imide groups is 1. The number of ketones is 1. The summed E-state index contributed by atoms with van der Waals surface area (Å²) in [6.07, 6.45) is 3.25. The number of nitrogens with zero attached hydrogens (tertiary/aromatic N) is 1. The third kappa shape index (κ3) is 2.56. The van der Waals surface area contributed by atoms with Crippen molar-refractivity contribution in [2.75, 3.05) is 6.54 Å². The Morgan fingerprint density at radius 2 is 2.00 bits per heavy atom. The first kappa shape index (κ1) is 17.0. The molecule has 2 heterocycles. The molecule has 1 aromatic heterocycles. The van der Waals surface area contributed by atoms with Crippen LogP contribution in [0.25, 0.3) is 0 Å². The van der Waals surface area contributed by atoms with Gasteiger partial charge in [-0.3, -0.25) is 14.5 Å². The van der Waals surface area contributed by atoms with Crippen molar-refractivity contribution >= 4 is 29.1 Å². The molecule has 1 atom stereocenters. The number of nitrogens with one attached hydrogen (secondary N) is 1. The van der Waals surface area contributed by atoms with Gasteiger partial charge in [0.1, 0.15) is 5.54 Å². The van der Waals surface area contributed by atoms with E-state index in [1.807, 2.05) is 30.5 Å². The number of rotatable bonds is 4. The molecule has 6 heteroatoms. The predicted molar refractivity (Wildman–Crippen MR) is 99.3 cm³/mol. The highest BCUT2D eigenvalue weighted by atomic mass is 32.1. The van der Waals surface area contributed by atoms with Crippen molar-refractivity contribution in [2.45, 2.75) is 38.1 Å². The molecule has 2 aromatic rings. The Morgan fingerprint density at radius 1 is 1.23 bits per heavy atom. The van der Waals surface area contributed by atoms with E-state index in [0.29, 0.717) is 12.0 Å². The zero-order chi connectivity index (χ0) is 18.3. The van der Waals surface area contributed by atoms with Gasteiger partial charge in [-0.2, -0.15) is 0 Å². The number of amides is 3. The van der Waals surface area contributed by atoms with E-state index in [9.17, 15) is 14.4 Å². The molecule has 0 saturated carbocycles. The first-order valence-corrected chi connectivity index (χ1v) is 9.76. The third-order valence-electron chi connectivity index (χ3n) is 5.32. The molecule has 0 radical (unpaired) electrons. The molecule has 0 bridgehead atoms. The minimum atomic E-state index is -0.989. The fourth-order valence-corrected chi connectivity index (χ4v) is 4.85. The highest BCUT2D eigenvalue weighted by Crippen LogP contribution is 2.42. The van der Waals surface area contributed by atoms with Crippen LogP contribution < -0.4 is 5.32 Å². The number of carbonyl (C=O) groups is 3. The number of aryl methyl sites for hydroxylation is 2. The zero-order valence-corrected chi connectivity index (χ0v) is 15.4. The lowest BCUT2D eigenvalue weighted by molar-refractivity contribution is -0.131. The van der Waals surface area contributed by atoms with Crippen LogP contribution in [0, 0.1) is 0 Å². The topological polar surface area (TPSA) is 66.5 Å². The minimum absolute atomic E-state index is 0.225. The predicted octanol–water partition coefficient (Wildman–Crippen LogP) is 3.28. The monoisotopic (exact) mass is 368 g/mol. The molecule has 3 amide bonds. The number of carbonyl (C=O) groups excluding carboxylic acids is 3. The first-order chi connectivity index (χ1) is 12.5. The molecular formula is C20H20N2O3S. The fourth-order valence-electron chi connectivity index (χ4n) is 3.85. The van der Waals surface area contributed by atoms with Gasteiger partial charge < -0.3 is 5.32 Å². The summed E-state index contributed by atoms with van der Waals surface area (Å²) < 4.78 is 0. The SMILES string of the molecule is CCc1ccc(C(=O)CN2C(=O)N[C@@]3(CCCc4sccc43)C2=O)cc1. The maximum atomic E-state index is 13.1. The molecule has 1 saturated heterocycles. The highest BCUT2D eigenvalue weighted by molar-refractivity contribution is 7.10. The molecule has 5 nitrogen and oxygen atoms in total. The molecular weight excluding hydrogens is 348 g/mol. The lowest BCUT2D eigenvalue weighted by Gasteiger charge is -2.31. The maximum absolute atomic E-state index is 13.1. The fraction of sp³-hybridized carbons (Fsp3) is 0.350. The van der Waals surface area contributed by atoms with Gasteiger partial charge >= 0.3 is 6.03 Å². The Bertz CT molecular complexity index is 887. The maximum Gasteiger partial charge on any atom is 0.325 e. The van der Waals surface area contributed by atoms with E-state index in [1.54, 1.807) is 23.5 Å². The van der Waals surface area contributed by atoms with Gasteiger partial charge in [0.2, 0.25) is 0 Å². The molecule has 1 aliphatic heterocycles. The van der Waals surface area contributed by atoms with Crippen LogP contribution in [0.5, 0.6) is 0 Å². The minimum Gasteiger partial charge on any atom is -0.319 e. The summed E-state index contributed by atoms with van der Waals surface area (Å²) in [4.78, 5) is 40.4. The summed E-state index contributed by atoms with van der Waals surface area (Å²) in [5.74, 6) is -0.532. The normalized spacial score (nSPS) is 21.8. The number of hydrogen-bond donors (Lipinski definition) is 1. The molecule has 134 valence electrons. The highest BCUT2D eigenvalue weighted by Gasteiger charge is 2.54. The van der Waals surface area contributed by atoms with Crippen LogP contribution in [0.2, 0.25) is 0 Å². The molecule has 2 aliphatic rings. The van der Waals surface area contributed by atoms with Crippen LogP contribution >= 0.6 is 11.3 Å². The molecule has 1 aromatic carbocycles. The Labute approximate surface area is 156 Å². The Hall–Kier alpha value is -2.47. The Morgan fingerprint density at radius 3 is 2.73 bits per heavy atom. The van der Waals surface area contributed by atoms with Crippen molar-refractivity contribution in [2.24, 2.45) is 0 Å². The average Bonchev–Trinajstić information content (AvgIpc) is 3.22. The van der Waals surface area contributed by atoms with E-state index >= 15 is 0 Å². The smallest absolute Gasteiger partial charge is 0.319 e. The van der Waals surface area contributed by atoms with Crippen LogP contribution in [-0.2, 0) is 23.2 Å². The van der Waals surface area contributed by atoms with Crippen molar-refractivity contribution in [1.82, 2.24) is 10.2 Å². The van der Waals surface area contributed by atoms with Gasteiger partial charge in [0.05, 0.1) is 6.54 Å². The second-order valence-electron chi connectivity index (χ2n) is 6.81. The van der Waals surface area contributed by atoms with E-state index in [1.165, 1.54) is 0 Å². The van der Waals surface area contributed by atoms with Gasteiger partial charge in [-0.05, 0) is 42.7 Å². The summed E-state index contributed by atoms with van der Waals surface area (Å²) in [5, 5.41) is 4.84. The number of thiophene rings is 1. The summed E-state index contributed by atoms with van der Waals surface area (Å²) >= 11 is 1.62. The van der Waals surface area contributed by atoms with Crippen LogP contribution in [0.15, 0.2) is 35.7 Å². The van der Waals surface area contributed by atoms with Crippen molar-refractivity contribution in [3.8, 4) is 0 Å². The van der Waals surface area contributed by atoms with Gasteiger partial charge in [0, 0.05) is 16.0 Å². The molecule has 1 spiro atoms. The number of urea groups is 1. The van der Waals surface area contributed by atoms with Crippen molar-refractivity contribution in [1.29, 1.82) is 0 Å². The van der Waals surface area contributed by atoms with Gasteiger partial charge in [-0.1, -0.05) is 31.2 Å². The summed E-state index contributed by atoms with van der Waals surface area (Å²) in [7, 11) is 0. The number of hydrogen-bond acceptors (Lipinski definition) is 4. The van der Waals surface area contributed by atoms with Gasteiger partial charge in [0.15, 0.2) is 5.78 Å². The zero-order valence-electron chi connectivity index (χ0n) is 14.6. The molecule has 4 rings (SSSR count). The molecule has 26 heavy (non-hydrogen) atoms. The molecule has 1 aliphatic carbocycles. The molecule has 0 unspecified atom stereocenters. The van der Waals surface area contributed by atoms with Crippen LogP contribution in [0.3, 0.4) is 0 Å². The first-order valence-electron chi connectivity index (χ1n) is 8.88. The van der Waals surface area contributed by atoms with E-state index in [2.05, 4.69) is 5.32 Å². The van der Waals surface area contributed by atoms with Gasteiger partial charge in [-0.25, -0.2) is 4.79 Å². The second kappa shape index (κ2) is 6.36. The quantitative estimate of drug-likeness (QED) is 0.665. The lowest BCUT2D eigenvalue weighted by Crippen LogP contribution is -2.46. The van der Waals surface area contributed by atoms with Crippen LogP contribution in [0.4, 0.5) is 4.79 Å². The Balaban J connectivity index is 1.58. The van der Waals surface area contributed by atoms with E-state index in [4.69, 9.17) is 0 Å². The lowest BCUT2D eigenvalue weighted by atomic mass is 9.80. The average molecular weight is 368 g/mol. The van der Waals surface area contributed by atoms with E-state index in [-0.39, 0.29) is 18.2 Å². The van der Waals surface area contributed by atoms with Gasteiger partial charge in [-0.15, -0.1) is 11.3 Å². The third-order valence-corrected chi connectivity index (χ3v) is 6.30. The number of benzene rings is 1. The molecule has 1 N–H and O–H groups in total. The Kier molecular flexibility index (Phi) is 4.15. The van der Waals surface area contributed by atoms with E-state index in [0.717, 1.165) is 40.2 Å². The summed E-state index contributed by atoms with van der Waals surface area (Å²) in [5.41, 5.74) is 1.57. The van der Waals surface area contributed by atoms with E-state index < -0.39 is 11.6 Å². The van der Waals surface area contributed by atoms with Crippen molar-refractivity contribution < 1.29 is 14.4 Å². The standard InChI is InChI=1S/C20H20N2O3S/c1-2-13-5-7-14(8-6-13)16(23)12-22-18(24)20(21-19(22)25)10-3-4-17-15(20)9-11-26-17/h5-9,11H,2-4,10,12H2,1H3,(H,21,25)/t20-/m1/s1. The second-order valence-corrected chi connectivity index (χ2v) is 7.81.